The highest BCUT2D eigenvalue weighted by atomic mass is 32.2. The molecule has 10 heteroatoms. The summed E-state index contributed by atoms with van der Waals surface area (Å²) in [4.78, 5) is 23.5. The molecule has 9 nitrogen and oxygen atoms in total. The third-order valence-electron chi connectivity index (χ3n) is 4.83. The molecular formula is C25H25N3O6S. The third-order valence-corrected chi connectivity index (χ3v) is 5.97. The second-order valence-corrected chi connectivity index (χ2v) is 9.34. The highest BCUT2D eigenvalue weighted by Gasteiger charge is 2.17. The topological polar surface area (TPSA) is 114 Å². The molecule has 0 heterocycles. The van der Waals surface area contributed by atoms with E-state index in [4.69, 9.17) is 4.74 Å². The summed E-state index contributed by atoms with van der Waals surface area (Å²) >= 11 is 0. The number of methoxy groups -OCH3 is 1. The molecule has 0 aliphatic rings. The molecule has 0 aromatic heterocycles. The minimum Gasteiger partial charge on any atom is -0.482 e. The fraction of sp³-hybridized carbons (Fsp3) is 0.160. The van der Waals surface area contributed by atoms with Crippen LogP contribution in [-0.4, -0.2) is 46.5 Å². The van der Waals surface area contributed by atoms with Crippen LogP contribution in [0.4, 0.5) is 5.69 Å². The number of nitrogens with zero attached hydrogens (tertiary/aromatic N) is 2. The Labute approximate surface area is 204 Å². The van der Waals surface area contributed by atoms with E-state index >= 15 is 0 Å². The van der Waals surface area contributed by atoms with Gasteiger partial charge in [-0.15, -0.1) is 0 Å². The van der Waals surface area contributed by atoms with E-state index in [1.807, 2.05) is 6.07 Å². The molecule has 0 bridgehead atoms. The number of hydrogen-bond acceptors (Lipinski definition) is 7. The van der Waals surface area contributed by atoms with E-state index in [-0.39, 0.29) is 13.2 Å². The van der Waals surface area contributed by atoms with Gasteiger partial charge in [0.05, 0.1) is 31.8 Å². The SMILES string of the molecule is COC(=O)COc1ccc(/C=N\NC(=O)c2ccc(CN(c3ccccc3)S(C)(=O)=O)cc2)cc1. The Bertz CT molecular complexity index is 1280. The van der Waals surface area contributed by atoms with Crippen LogP contribution in [0.5, 0.6) is 5.75 Å². The Morgan fingerprint density at radius 3 is 2.23 bits per heavy atom. The summed E-state index contributed by atoms with van der Waals surface area (Å²) in [5.74, 6) is -0.387. The number of hydrogen-bond donors (Lipinski definition) is 1. The van der Waals surface area contributed by atoms with Gasteiger partial charge in [0.1, 0.15) is 5.75 Å². The third kappa shape index (κ3) is 7.68. The summed E-state index contributed by atoms with van der Waals surface area (Å²) in [5.41, 5.74) is 4.84. The molecule has 1 N–H and O–H groups in total. The van der Waals surface area contributed by atoms with Crippen LogP contribution in [0.15, 0.2) is 84.0 Å². The first-order valence-electron chi connectivity index (χ1n) is 10.5. The lowest BCUT2D eigenvalue weighted by Crippen LogP contribution is -2.29. The van der Waals surface area contributed by atoms with Crippen LogP contribution in [-0.2, 0) is 26.1 Å². The molecule has 0 spiro atoms. The van der Waals surface area contributed by atoms with Gasteiger partial charge in [0.15, 0.2) is 6.61 Å². The monoisotopic (exact) mass is 495 g/mol. The Hall–Kier alpha value is -4.18. The van der Waals surface area contributed by atoms with Gasteiger partial charge in [-0.1, -0.05) is 30.3 Å². The highest BCUT2D eigenvalue weighted by Crippen LogP contribution is 2.20. The molecule has 0 radical (unpaired) electrons. The van der Waals surface area contributed by atoms with Crippen molar-refractivity contribution in [2.24, 2.45) is 5.10 Å². The number of carbonyl (C=O) groups is 2. The van der Waals surface area contributed by atoms with Crippen LogP contribution in [0.2, 0.25) is 0 Å². The van der Waals surface area contributed by atoms with Crippen molar-refractivity contribution in [1.29, 1.82) is 0 Å². The second kappa shape index (κ2) is 11.8. The van der Waals surface area contributed by atoms with Crippen molar-refractivity contribution in [1.82, 2.24) is 5.43 Å². The summed E-state index contributed by atoms with van der Waals surface area (Å²) in [5, 5.41) is 3.95. The van der Waals surface area contributed by atoms with E-state index < -0.39 is 21.9 Å². The van der Waals surface area contributed by atoms with Crippen molar-refractivity contribution in [2.45, 2.75) is 6.54 Å². The van der Waals surface area contributed by atoms with Gasteiger partial charge in [-0.05, 0) is 59.7 Å². The summed E-state index contributed by atoms with van der Waals surface area (Å²) in [7, 11) is -2.20. The number of anilines is 1. The lowest BCUT2D eigenvalue weighted by atomic mass is 10.1. The smallest absolute Gasteiger partial charge is 0.343 e. The molecule has 3 aromatic carbocycles. The minimum atomic E-state index is -3.49. The van der Waals surface area contributed by atoms with Crippen LogP contribution in [0.25, 0.3) is 0 Å². The van der Waals surface area contributed by atoms with Crippen LogP contribution in [0, 0.1) is 0 Å². The van der Waals surface area contributed by atoms with Gasteiger partial charge in [-0.25, -0.2) is 18.6 Å². The largest absolute Gasteiger partial charge is 0.482 e. The van der Waals surface area contributed by atoms with Crippen LogP contribution < -0.4 is 14.5 Å². The average Bonchev–Trinajstić information content (AvgIpc) is 2.86. The number of rotatable bonds is 10. The van der Waals surface area contributed by atoms with Crippen LogP contribution in [0.1, 0.15) is 21.5 Å². The molecule has 0 saturated carbocycles. The van der Waals surface area contributed by atoms with Crippen molar-refractivity contribution in [3.63, 3.8) is 0 Å². The summed E-state index contributed by atoms with van der Waals surface area (Å²) < 4.78 is 35.6. The summed E-state index contributed by atoms with van der Waals surface area (Å²) in [6.07, 6.45) is 2.63. The van der Waals surface area contributed by atoms with E-state index in [0.717, 1.165) is 11.8 Å². The molecule has 1 amide bonds. The average molecular weight is 496 g/mol. The summed E-state index contributed by atoms with van der Waals surface area (Å²) in [6.45, 7) is -0.0421. The molecule has 3 aromatic rings. The Balaban J connectivity index is 1.57. The van der Waals surface area contributed by atoms with E-state index in [0.29, 0.717) is 22.6 Å². The zero-order valence-electron chi connectivity index (χ0n) is 19.2. The number of hydrazone groups is 1. The van der Waals surface area contributed by atoms with E-state index in [1.165, 1.54) is 17.6 Å². The number of nitrogens with one attached hydrogen (secondary N) is 1. The number of esters is 1. The molecule has 35 heavy (non-hydrogen) atoms. The number of benzene rings is 3. The number of sulfonamides is 1. The maximum Gasteiger partial charge on any atom is 0.343 e. The normalized spacial score (nSPS) is 11.1. The first kappa shape index (κ1) is 25.4. The first-order chi connectivity index (χ1) is 16.8. The Morgan fingerprint density at radius 1 is 0.971 bits per heavy atom. The van der Waals surface area contributed by atoms with Gasteiger partial charge in [-0.2, -0.15) is 5.10 Å². The molecule has 0 aliphatic carbocycles. The van der Waals surface area contributed by atoms with Crippen molar-refractivity contribution in [3.05, 3.63) is 95.6 Å². The Kier molecular flexibility index (Phi) is 8.58. The van der Waals surface area contributed by atoms with Crippen molar-refractivity contribution < 1.29 is 27.5 Å². The maximum atomic E-state index is 12.4. The standard InChI is InChI=1S/C25H25N3O6S/c1-33-24(29)18-34-23-14-10-19(11-15-23)16-26-27-25(30)21-12-8-20(9-13-21)17-28(35(2,31)32)22-6-4-3-5-7-22/h3-16H,17-18H2,1-2H3,(H,27,30)/b26-16-. The first-order valence-corrected chi connectivity index (χ1v) is 12.4. The number of carbonyl (C=O) groups excluding carboxylic acids is 2. The maximum absolute atomic E-state index is 12.4. The van der Waals surface area contributed by atoms with Crippen molar-refractivity contribution in [3.8, 4) is 5.75 Å². The van der Waals surface area contributed by atoms with Gasteiger partial charge >= 0.3 is 5.97 Å². The van der Waals surface area contributed by atoms with Gasteiger partial charge in [0.2, 0.25) is 10.0 Å². The van der Waals surface area contributed by atoms with Crippen molar-refractivity contribution >= 4 is 33.8 Å². The molecule has 0 atom stereocenters. The van der Waals surface area contributed by atoms with E-state index in [1.54, 1.807) is 72.8 Å². The van der Waals surface area contributed by atoms with Gasteiger partial charge in [0.25, 0.3) is 5.91 Å². The second-order valence-electron chi connectivity index (χ2n) is 7.44. The lowest BCUT2D eigenvalue weighted by molar-refractivity contribution is -0.142. The predicted octanol–water partition coefficient (Wildman–Crippen LogP) is 2.97. The number of para-hydroxylation sites is 1. The molecular weight excluding hydrogens is 470 g/mol. The fourth-order valence-corrected chi connectivity index (χ4v) is 3.89. The van der Waals surface area contributed by atoms with Gasteiger partial charge in [-0.3, -0.25) is 9.10 Å². The zero-order valence-corrected chi connectivity index (χ0v) is 20.1. The molecule has 0 aliphatic heterocycles. The van der Waals surface area contributed by atoms with Crippen LogP contribution in [0.3, 0.4) is 0 Å². The van der Waals surface area contributed by atoms with Gasteiger partial charge < -0.3 is 9.47 Å². The number of amides is 1. The molecule has 0 fully saturated rings. The van der Waals surface area contributed by atoms with E-state index in [9.17, 15) is 18.0 Å². The van der Waals surface area contributed by atoms with E-state index in [2.05, 4.69) is 15.3 Å². The minimum absolute atomic E-state index is 0.141. The van der Waals surface area contributed by atoms with Crippen molar-refractivity contribution in [2.75, 3.05) is 24.3 Å². The quantitative estimate of drug-likeness (QED) is 0.263. The molecule has 182 valence electrons. The predicted molar refractivity (Wildman–Crippen MR) is 133 cm³/mol. The summed E-state index contributed by atoms with van der Waals surface area (Å²) in [6, 6.07) is 22.2. The van der Waals surface area contributed by atoms with Gasteiger partial charge in [0, 0.05) is 5.56 Å². The molecule has 0 saturated heterocycles. The zero-order chi connectivity index (χ0) is 25.3. The Morgan fingerprint density at radius 2 is 1.63 bits per heavy atom. The molecule has 0 unspecified atom stereocenters. The highest BCUT2D eigenvalue weighted by molar-refractivity contribution is 7.92. The molecule has 3 rings (SSSR count). The lowest BCUT2D eigenvalue weighted by Gasteiger charge is -2.22. The number of ether oxygens (including phenoxy) is 2. The van der Waals surface area contributed by atoms with Crippen LogP contribution >= 0.6 is 0 Å². The fourth-order valence-electron chi connectivity index (χ4n) is 3.00.